The predicted octanol–water partition coefficient (Wildman–Crippen LogP) is 1.78. The van der Waals surface area contributed by atoms with Crippen LogP contribution >= 0.6 is 11.8 Å². The van der Waals surface area contributed by atoms with E-state index in [2.05, 4.69) is 25.4 Å². The summed E-state index contributed by atoms with van der Waals surface area (Å²) in [6.45, 7) is 5.66. The van der Waals surface area contributed by atoms with Crippen molar-refractivity contribution >= 4 is 17.7 Å². The third-order valence-corrected chi connectivity index (χ3v) is 5.09. The van der Waals surface area contributed by atoms with Gasteiger partial charge in [0.1, 0.15) is 0 Å². The molecule has 18 heavy (non-hydrogen) atoms. The lowest BCUT2D eigenvalue weighted by Gasteiger charge is -2.30. The van der Waals surface area contributed by atoms with E-state index in [0.29, 0.717) is 19.6 Å². The third kappa shape index (κ3) is 6.07. The van der Waals surface area contributed by atoms with Gasteiger partial charge >= 0.3 is 0 Å². The zero-order valence-corrected chi connectivity index (χ0v) is 12.9. The molecular formula is C13H28N2O2S. The average molecular weight is 276 g/mol. The monoisotopic (exact) mass is 276 g/mol. The van der Waals surface area contributed by atoms with Crippen LogP contribution in [0.4, 0.5) is 0 Å². The first-order valence-electron chi connectivity index (χ1n) is 6.62. The first-order chi connectivity index (χ1) is 8.55. The molecule has 0 fully saturated rings. The van der Waals surface area contributed by atoms with Gasteiger partial charge in [-0.05, 0) is 31.9 Å². The largest absolute Gasteiger partial charge is 0.385 e. The lowest BCUT2D eigenvalue weighted by Crippen LogP contribution is -2.46. The Morgan fingerprint density at radius 1 is 1.44 bits per heavy atom. The van der Waals surface area contributed by atoms with Crippen molar-refractivity contribution in [2.75, 3.05) is 26.5 Å². The van der Waals surface area contributed by atoms with Crippen LogP contribution in [-0.2, 0) is 9.53 Å². The van der Waals surface area contributed by atoms with Crippen molar-refractivity contribution in [3.8, 4) is 0 Å². The molecule has 0 aliphatic heterocycles. The van der Waals surface area contributed by atoms with E-state index >= 15 is 0 Å². The summed E-state index contributed by atoms with van der Waals surface area (Å²) in [5.41, 5.74) is 5.84. The first kappa shape index (κ1) is 17.7. The number of hydrogen-bond donors (Lipinski definition) is 2. The van der Waals surface area contributed by atoms with Crippen LogP contribution in [0.15, 0.2) is 0 Å². The van der Waals surface area contributed by atoms with E-state index in [4.69, 9.17) is 10.5 Å². The molecule has 0 aromatic heterocycles. The van der Waals surface area contributed by atoms with Crippen molar-refractivity contribution in [3.05, 3.63) is 0 Å². The molecule has 3 N–H and O–H groups in total. The van der Waals surface area contributed by atoms with E-state index in [1.54, 1.807) is 7.11 Å². The Balaban J connectivity index is 4.07. The summed E-state index contributed by atoms with van der Waals surface area (Å²) in [6, 6.07) is -0.423. The molecule has 1 amide bonds. The number of rotatable bonds is 10. The van der Waals surface area contributed by atoms with Gasteiger partial charge in [-0.25, -0.2) is 0 Å². The molecule has 0 heterocycles. The molecule has 0 aromatic rings. The summed E-state index contributed by atoms with van der Waals surface area (Å²) < 4.78 is 5.09. The van der Waals surface area contributed by atoms with Crippen molar-refractivity contribution in [2.45, 2.75) is 50.3 Å². The Labute approximate surface area is 115 Å². The van der Waals surface area contributed by atoms with E-state index in [9.17, 15) is 4.79 Å². The maximum absolute atomic E-state index is 11.8. The van der Waals surface area contributed by atoms with Crippen LogP contribution in [0.25, 0.3) is 0 Å². The van der Waals surface area contributed by atoms with Gasteiger partial charge in [-0.15, -0.1) is 0 Å². The first-order valence-corrected chi connectivity index (χ1v) is 7.85. The second-order valence-electron chi connectivity index (χ2n) is 4.55. The van der Waals surface area contributed by atoms with Crippen LogP contribution in [0.3, 0.4) is 0 Å². The Morgan fingerprint density at radius 2 is 2.06 bits per heavy atom. The van der Waals surface area contributed by atoms with Gasteiger partial charge in [0.25, 0.3) is 0 Å². The lowest BCUT2D eigenvalue weighted by molar-refractivity contribution is -0.122. The molecule has 108 valence electrons. The maximum atomic E-state index is 11.8. The molecule has 0 saturated carbocycles. The van der Waals surface area contributed by atoms with Gasteiger partial charge < -0.3 is 15.8 Å². The van der Waals surface area contributed by atoms with E-state index in [1.807, 2.05) is 11.8 Å². The molecule has 0 radical (unpaired) electrons. The highest BCUT2D eigenvalue weighted by Crippen LogP contribution is 2.29. The quantitative estimate of drug-likeness (QED) is 0.597. The number of carbonyl (C=O) groups is 1. The Hall–Kier alpha value is -0.260. The molecule has 1 atom stereocenters. The molecule has 4 nitrogen and oxygen atoms in total. The normalized spacial score (nSPS) is 13.4. The Bertz CT molecular complexity index is 225. The maximum Gasteiger partial charge on any atom is 0.236 e. The Morgan fingerprint density at radius 3 is 2.50 bits per heavy atom. The number of nitrogens with two attached hydrogens (primary N) is 1. The van der Waals surface area contributed by atoms with Gasteiger partial charge in [0.15, 0.2) is 0 Å². The summed E-state index contributed by atoms with van der Waals surface area (Å²) in [5.74, 6) is -0.0496. The minimum Gasteiger partial charge on any atom is -0.385 e. The molecule has 0 saturated heterocycles. The van der Waals surface area contributed by atoms with Crippen LogP contribution in [0.2, 0.25) is 0 Å². The van der Waals surface area contributed by atoms with Gasteiger partial charge in [0.05, 0.1) is 6.04 Å². The molecule has 0 aliphatic rings. The standard InChI is InChI=1S/C13H28N2O2S/c1-5-13(6-2,18-4)10-15-12(16)11(14)8-7-9-17-3/h11H,5-10,14H2,1-4H3,(H,15,16). The van der Waals surface area contributed by atoms with Gasteiger partial charge in [-0.2, -0.15) is 11.8 Å². The van der Waals surface area contributed by atoms with Crippen molar-refractivity contribution in [1.29, 1.82) is 0 Å². The minimum absolute atomic E-state index is 0.0496. The van der Waals surface area contributed by atoms with E-state index in [-0.39, 0.29) is 10.7 Å². The lowest BCUT2D eigenvalue weighted by atomic mass is 10.0. The minimum atomic E-state index is -0.423. The zero-order chi connectivity index (χ0) is 14.0. The molecule has 0 aliphatic carbocycles. The molecular weight excluding hydrogens is 248 g/mol. The van der Waals surface area contributed by atoms with Crippen LogP contribution < -0.4 is 11.1 Å². The topological polar surface area (TPSA) is 64.4 Å². The summed E-state index contributed by atoms with van der Waals surface area (Å²) in [4.78, 5) is 11.8. The number of hydrogen-bond acceptors (Lipinski definition) is 4. The van der Waals surface area contributed by atoms with Gasteiger partial charge in [0, 0.05) is 25.0 Å². The summed E-state index contributed by atoms with van der Waals surface area (Å²) in [6.07, 6.45) is 5.68. The van der Waals surface area contributed by atoms with Gasteiger partial charge in [-0.3, -0.25) is 4.79 Å². The van der Waals surface area contributed by atoms with Crippen molar-refractivity contribution in [2.24, 2.45) is 5.73 Å². The van der Waals surface area contributed by atoms with Crippen LogP contribution in [0, 0.1) is 0 Å². The molecule has 0 rings (SSSR count). The molecule has 0 bridgehead atoms. The van der Waals surface area contributed by atoms with Crippen LogP contribution in [-0.4, -0.2) is 43.2 Å². The SMILES string of the molecule is CCC(CC)(CNC(=O)C(N)CCCOC)SC. The van der Waals surface area contributed by atoms with E-state index in [0.717, 1.165) is 19.3 Å². The van der Waals surface area contributed by atoms with E-state index < -0.39 is 6.04 Å². The second kappa shape index (κ2) is 9.64. The molecule has 0 spiro atoms. The second-order valence-corrected chi connectivity index (χ2v) is 5.83. The summed E-state index contributed by atoms with van der Waals surface area (Å²) in [5, 5.41) is 2.98. The third-order valence-electron chi connectivity index (χ3n) is 3.51. The average Bonchev–Trinajstić information content (AvgIpc) is 2.40. The van der Waals surface area contributed by atoms with E-state index in [1.165, 1.54) is 0 Å². The highest BCUT2D eigenvalue weighted by molar-refractivity contribution is 8.00. The molecule has 1 unspecified atom stereocenters. The van der Waals surface area contributed by atoms with Crippen molar-refractivity contribution in [3.63, 3.8) is 0 Å². The molecule has 5 heteroatoms. The number of ether oxygens (including phenoxy) is 1. The van der Waals surface area contributed by atoms with Crippen LogP contribution in [0.5, 0.6) is 0 Å². The number of amides is 1. The predicted molar refractivity (Wildman–Crippen MR) is 78.9 cm³/mol. The highest BCUT2D eigenvalue weighted by atomic mass is 32.2. The van der Waals surface area contributed by atoms with Gasteiger partial charge in [0.2, 0.25) is 5.91 Å². The van der Waals surface area contributed by atoms with Crippen molar-refractivity contribution < 1.29 is 9.53 Å². The fourth-order valence-electron chi connectivity index (χ4n) is 1.82. The number of methoxy groups -OCH3 is 1. The Kier molecular flexibility index (Phi) is 9.50. The zero-order valence-electron chi connectivity index (χ0n) is 12.1. The van der Waals surface area contributed by atoms with Crippen molar-refractivity contribution in [1.82, 2.24) is 5.32 Å². The fourth-order valence-corrected chi connectivity index (χ4v) is 2.61. The summed E-state index contributed by atoms with van der Waals surface area (Å²) in [7, 11) is 1.65. The number of nitrogens with one attached hydrogen (secondary N) is 1. The van der Waals surface area contributed by atoms with Gasteiger partial charge in [-0.1, -0.05) is 13.8 Å². The highest BCUT2D eigenvalue weighted by Gasteiger charge is 2.26. The smallest absolute Gasteiger partial charge is 0.236 e. The fraction of sp³-hybridized carbons (Fsp3) is 0.923. The summed E-state index contributed by atoms with van der Waals surface area (Å²) >= 11 is 1.82. The number of thioether (sulfide) groups is 1. The number of carbonyl (C=O) groups excluding carboxylic acids is 1. The van der Waals surface area contributed by atoms with Crippen LogP contribution in [0.1, 0.15) is 39.5 Å². The molecule has 0 aromatic carbocycles.